The fraction of sp³-hybridized carbons (Fsp3) is 0.903. The zero-order valence-corrected chi connectivity index (χ0v) is 23.9. The van der Waals surface area contributed by atoms with Crippen molar-refractivity contribution >= 4 is 5.97 Å². The van der Waals surface area contributed by atoms with E-state index in [0.29, 0.717) is 17.3 Å². The van der Waals surface area contributed by atoms with E-state index in [1.54, 1.807) is 0 Å². The molecule has 2 N–H and O–H groups in total. The summed E-state index contributed by atoms with van der Waals surface area (Å²) in [6, 6.07) is 0. The van der Waals surface area contributed by atoms with Crippen LogP contribution in [-0.2, 0) is 14.3 Å². The summed E-state index contributed by atoms with van der Waals surface area (Å²) in [6.07, 6.45) is 12.6. The molecule has 8 atom stereocenters. The molecule has 3 fully saturated rings. The highest BCUT2D eigenvalue weighted by Crippen LogP contribution is 2.66. The molecular weight excluding hydrogens is 452 g/mol. The van der Waals surface area contributed by atoms with E-state index in [9.17, 15) is 15.0 Å². The first-order chi connectivity index (χ1) is 16.6. The number of rotatable bonds is 7. The third kappa shape index (κ3) is 5.59. The minimum atomic E-state index is -0.640. The Hall–Kier alpha value is -0.910. The number of allylic oxidation sites excluding steroid dienone is 1. The molecule has 206 valence electrons. The summed E-state index contributed by atoms with van der Waals surface area (Å²) in [5, 5.41) is 21.5. The van der Waals surface area contributed by atoms with Gasteiger partial charge in [0.25, 0.3) is 0 Å². The highest BCUT2D eigenvalue weighted by molar-refractivity contribution is 5.71. The van der Waals surface area contributed by atoms with Gasteiger partial charge in [-0.1, -0.05) is 26.3 Å². The van der Waals surface area contributed by atoms with E-state index in [1.807, 2.05) is 34.6 Å². The standard InChI is InChI=1S/C31H52O5/c1-28(2,3)36-26(32)19-35-25-15-18-31(7)23-14-17-30(6)20(9-8-16-29(4,5)34)10-12-22(30)21(23)11-13-24(31)27(25)33/h13,20-23,25,27,33-34H,8-12,14-19H2,1-7H3/t20?,21?,22?,23?,25-,27?,30?,31?/m0/s1. The third-order valence-corrected chi connectivity index (χ3v) is 10.5. The molecule has 3 saturated carbocycles. The van der Waals surface area contributed by atoms with Crippen molar-refractivity contribution in [2.24, 2.45) is 34.5 Å². The summed E-state index contributed by atoms with van der Waals surface area (Å²) in [7, 11) is 0. The number of aliphatic hydroxyl groups is 2. The van der Waals surface area contributed by atoms with E-state index < -0.39 is 17.3 Å². The normalized spacial score (nSPS) is 40.6. The Morgan fingerprint density at radius 3 is 2.44 bits per heavy atom. The Morgan fingerprint density at radius 2 is 1.78 bits per heavy atom. The van der Waals surface area contributed by atoms with Crippen molar-refractivity contribution in [3.63, 3.8) is 0 Å². The summed E-state index contributed by atoms with van der Waals surface area (Å²) >= 11 is 0. The maximum absolute atomic E-state index is 12.2. The van der Waals surface area contributed by atoms with Crippen LogP contribution in [0.15, 0.2) is 11.6 Å². The van der Waals surface area contributed by atoms with Crippen LogP contribution in [0.2, 0.25) is 0 Å². The molecule has 4 rings (SSSR count). The number of aliphatic hydroxyl groups excluding tert-OH is 1. The maximum atomic E-state index is 12.2. The maximum Gasteiger partial charge on any atom is 0.332 e. The summed E-state index contributed by atoms with van der Waals surface area (Å²) in [4.78, 5) is 12.2. The van der Waals surface area contributed by atoms with Gasteiger partial charge in [-0.3, -0.25) is 0 Å². The van der Waals surface area contributed by atoms with Gasteiger partial charge in [0.2, 0.25) is 0 Å². The molecule has 0 aromatic rings. The van der Waals surface area contributed by atoms with Gasteiger partial charge < -0.3 is 19.7 Å². The van der Waals surface area contributed by atoms with Crippen molar-refractivity contribution in [1.82, 2.24) is 0 Å². The molecule has 0 aromatic heterocycles. The van der Waals surface area contributed by atoms with Gasteiger partial charge in [-0.05, 0) is 132 Å². The van der Waals surface area contributed by atoms with Gasteiger partial charge in [0.15, 0.2) is 0 Å². The van der Waals surface area contributed by atoms with Crippen molar-refractivity contribution in [3.8, 4) is 0 Å². The average Bonchev–Trinajstić information content (AvgIpc) is 3.07. The van der Waals surface area contributed by atoms with Crippen LogP contribution in [0.3, 0.4) is 0 Å². The molecule has 4 aliphatic carbocycles. The average molecular weight is 505 g/mol. The minimum absolute atomic E-state index is 0.0223. The molecule has 0 aliphatic heterocycles. The predicted molar refractivity (Wildman–Crippen MR) is 142 cm³/mol. The molecule has 0 radical (unpaired) electrons. The summed E-state index contributed by atoms with van der Waals surface area (Å²) in [5.74, 6) is 2.48. The largest absolute Gasteiger partial charge is 0.458 e. The number of hydrogen-bond acceptors (Lipinski definition) is 5. The minimum Gasteiger partial charge on any atom is -0.458 e. The highest BCUT2D eigenvalue weighted by Gasteiger charge is 2.59. The van der Waals surface area contributed by atoms with E-state index in [4.69, 9.17) is 9.47 Å². The lowest BCUT2D eigenvalue weighted by atomic mass is 9.47. The summed E-state index contributed by atoms with van der Waals surface area (Å²) < 4.78 is 11.3. The molecule has 5 nitrogen and oxygen atoms in total. The van der Waals surface area contributed by atoms with Crippen LogP contribution in [0, 0.1) is 34.5 Å². The van der Waals surface area contributed by atoms with Gasteiger partial charge in [-0.25, -0.2) is 4.79 Å². The number of fused-ring (bicyclic) bond motifs is 5. The zero-order chi connectivity index (χ0) is 26.5. The number of esters is 1. The second-order valence-corrected chi connectivity index (χ2v) is 14.6. The van der Waals surface area contributed by atoms with Crippen LogP contribution in [0.25, 0.3) is 0 Å². The van der Waals surface area contributed by atoms with Gasteiger partial charge in [0, 0.05) is 0 Å². The van der Waals surface area contributed by atoms with Crippen LogP contribution in [0.5, 0.6) is 0 Å². The number of carbonyl (C=O) groups excluding carboxylic acids is 1. The zero-order valence-electron chi connectivity index (χ0n) is 23.9. The van der Waals surface area contributed by atoms with Crippen LogP contribution >= 0.6 is 0 Å². The number of carbonyl (C=O) groups is 1. The molecule has 0 aromatic carbocycles. The van der Waals surface area contributed by atoms with E-state index >= 15 is 0 Å². The lowest BCUT2D eigenvalue weighted by molar-refractivity contribution is -0.166. The SMILES string of the molecule is CC(C)(O)CCCC1CCC2C3CC=C4C(O)[C@@H](OCC(=O)OC(C)(C)C)CCC4(C)C3CCC12C. The second kappa shape index (κ2) is 10.0. The van der Waals surface area contributed by atoms with Gasteiger partial charge in [0.05, 0.1) is 11.7 Å². The van der Waals surface area contributed by atoms with E-state index in [0.717, 1.165) is 49.5 Å². The topological polar surface area (TPSA) is 76.0 Å². The van der Waals surface area contributed by atoms with Gasteiger partial charge >= 0.3 is 5.97 Å². The molecular formula is C31H52O5. The van der Waals surface area contributed by atoms with Crippen LogP contribution in [-0.4, -0.2) is 46.2 Å². The quantitative estimate of drug-likeness (QED) is 0.319. The van der Waals surface area contributed by atoms with Crippen molar-refractivity contribution in [2.45, 2.75) is 136 Å². The van der Waals surface area contributed by atoms with E-state index in [-0.39, 0.29) is 24.1 Å². The van der Waals surface area contributed by atoms with E-state index in [1.165, 1.54) is 32.1 Å². The van der Waals surface area contributed by atoms with Crippen molar-refractivity contribution in [2.75, 3.05) is 6.61 Å². The third-order valence-electron chi connectivity index (χ3n) is 10.5. The molecule has 0 heterocycles. The molecule has 0 spiro atoms. The van der Waals surface area contributed by atoms with Gasteiger partial charge in [-0.2, -0.15) is 0 Å². The monoisotopic (exact) mass is 504 g/mol. The Balaban J connectivity index is 1.41. The van der Waals surface area contributed by atoms with Gasteiger partial charge in [-0.15, -0.1) is 0 Å². The molecule has 7 unspecified atom stereocenters. The fourth-order valence-corrected chi connectivity index (χ4v) is 8.79. The lowest BCUT2D eigenvalue weighted by Gasteiger charge is -2.59. The molecule has 0 amide bonds. The molecule has 5 heteroatoms. The first-order valence-electron chi connectivity index (χ1n) is 14.6. The van der Waals surface area contributed by atoms with Crippen molar-refractivity contribution < 1.29 is 24.5 Å². The molecule has 0 bridgehead atoms. The predicted octanol–water partition coefficient (Wildman–Crippen LogP) is 6.20. The summed E-state index contributed by atoms with van der Waals surface area (Å²) in [5.41, 5.74) is 0.498. The van der Waals surface area contributed by atoms with Crippen LogP contribution in [0.1, 0.15) is 113 Å². The fourth-order valence-electron chi connectivity index (χ4n) is 8.79. The smallest absolute Gasteiger partial charge is 0.332 e. The van der Waals surface area contributed by atoms with Crippen molar-refractivity contribution in [1.29, 1.82) is 0 Å². The van der Waals surface area contributed by atoms with E-state index in [2.05, 4.69) is 19.9 Å². The number of hydrogen-bond donors (Lipinski definition) is 2. The lowest BCUT2D eigenvalue weighted by Crippen LogP contribution is -2.54. The van der Waals surface area contributed by atoms with Crippen LogP contribution < -0.4 is 0 Å². The number of ether oxygens (including phenoxy) is 2. The van der Waals surface area contributed by atoms with Gasteiger partial charge in [0.1, 0.15) is 18.3 Å². The van der Waals surface area contributed by atoms with Crippen LogP contribution in [0.4, 0.5) is 0 Å². The molecule has 36 heavy (non-hydrogen) atoms. The Morgan fingerprint density at radius 1 is 1.06 bits per heavy atom. The molecule has 0 saturated heterocycles. The first kappa shape index (κ1) is 28.1. The Labute approximate surface area is 219 Å². The van der Waals surface area contributed by atoms with Crippen molar-refractivity contribution in [3.05, 3.63) is 11.6 Å². The first-order valence-corrected chi connectivity index (χ1v) is 14.6. The highest BCUT2D eigenvalue weighted by atomic mass is 16.6. The Kier molecular flexibility index (Phi) is 7.81. The molecule has 4 aliphatic rings. The summed E-state index contributed by atoms with van der Waals surface area (Å²) in [6.45, 7) is 14.3. The Bertz CT molecular complexity index is 835. The second-order valence-electron chi connectivity index (χ2n) is 14.6.